The first kappa shape index (κ1) is 17.0. The van der Waals surface area contributed by atoms with Crippen LogP contribution in [0.4, 0.5) is 0 Å². The number of rotatable bonds is 4. The maximum atomic E-state index is 9.98. The number of ether oxygens (including phenoxy) is 1. The smallest absolute Gasteiger partial charge is 0.150 e. The third kappa shape index (κ3) is 4.02. The lowest BCUT2D eigenvalue weighted by Crippen LogP contribution is -2.21. The van der Waals surface area contributed by atoms with Crippen molar-refractivity contribution in [3.8, 4) is 11.5 Å². The second-order valence-corrected chi connectivity index (χ2v) is 5.23. The van der Waals surface area contributed by atoms with Gasteiger partial charge in [-0.15, -0.1) is 12.4 Å². The Labute approximate surface area is 124 Å². The van der Waals surface area contributed by atoms with Crippen LogP contribution in [0.25, 0.3) is 0 Å². The van der Waals surface area contributed by atoms with Gasteiger partial charge in [-0.2, -0.15) is 0 Å². The van der Waals surface area contributed by atoms with E-state index in [2.05, 4.69) is 31.9 Å². The predicted octanol–water partition coefficient (Wildman–Crippen LogP) is 3.63. The molecule has 1 aromatic carbocycles. The lowest BCUT2D eigenvalue weighted by Gasteiger charge is -2.14. The molecular weight excluding hydrogens is 373 g/mol. The minimum Gasteiger partial charge on any atom is -0.506 e. The number of nitrogens with two attached hydrogens (primary N) is 1. The van der Waals surface area contributed by atoms with Crippen molar-refractivity contribution >= 4 is 44.3 Å². The maximum absolute atomic E-state index is 9.98. The molecule has 17 heavy (non-hydrogen) atoms. The third-order valence-corrected chi connectivity index (χ3v) is 3.76. The Morgan fingerprint density at radius 2 is 2.06 bits per heavy atom. The number of phenolic OH excluding ortho intramolecular Hbond substituents is 1. The summed E-state index contributed by atoms with van der Waals surface area (Å²) >= 11 is 6.71. The summed E-state index contributed by atoms with van der Waals surface area (Å²) in [5, 5.41) is 9.98. The standard InChI is InChI=1S/C11H15Br2NO2.ClH/c1-3-7(14)4-6-5-8(12)11(16-2)9(13)10(6)15;/h5,7,15H,3-4,14H2,1-2H3;1H. The molecule has 3 nitrogen and oxygen atoms in total. The lowest BCUT2D eigenvalue weighted by atomic mass is 10.0. The quantitative estimate of drug-likeness (QED) is 0.827. The van der Waals surface area contributed by atoms with E-state index >= 15 is 0 Å². The number of halogens is 3. The molecule has 0 heterocycles. The normalized spacial score (nSPS) is 11.8. The van der Waals surface area contributed by atoms with Gasteiger partial charge in [-0.1, -0.05) is 6.92 Å². The van der Waals surface area contributed by atoms with Gasteiger partial charge in [-0.3, -0.25) is 0 Å². The van der Waals surface area contributed by atoms with Gasteiger partial charge in [-0.25, -0.2) is 0 Å². The van der Waals surface area contributed by atoms with Crippen LogP contribution in [0.5, 0.6) is 11.5 Å². The molecule has 0 aromatic heterocycles. The van der Waals surface area contributed by atoms with E-state index in [1.54, 1.807) is 7.11 Å². The highest BCUT2D eigenvalue weighted by molar-refractivity contribution is 9.11. The van der Waals surface area contributed by atoms with E-state index < -0.39 is 0 Å². The van der Waals surface area contributed by atoms with Crippen LogP contribution in [-0.2, 0) is 6.42 Å². The van der Waals surface area contributed by atoms with E-state index in [1.165, 1.54) is 0 Å². The SMILES string of the molecule is CCC(N)Cc1cc(Br)c(OC)c(Br)c1O.Cl. The highest BCUT2D eigenvalue weighted by Gasteiger charge is 2.16. The second-order valence-electron chi connectivity index (χ2n) is 3.59. The van der Waals surface area contributed by atoms with E-state index in [-0.39, 0.29) is 24.2 Å². The number of hydrogen-bond donors (Lipinski definition) is 2. The molecule has 98 valence electrons. The van der Waals surface area contributed by atoms with Crippen LogP contribution in [0.3, 0.4) is 0 Å². The van der Waals surface area contributed by atoms with Crippen molar-refractivity contribution in [2.75, 3.05) is 7.11 Å². The Morgan fingerprint density at radius 3 is 2.53 bits per heavy atom. The minimum absolute atomic E-state index is 0. The van der Waals surface area contributed by atoms with Crippen molar-refractivity contribution in [3.05, 3.63) is 20.6 Å². The Morgan fingerprint density at radius 1 is 1.47 bits per heavy atom. The first-order valence-electron chi connectivity index (χ1n) is 5.00. The Balaban J connectivity index is 0.00000256. The Hall–Kier alpha value is 0.0300. The van der Waals surface area contributed by atoms with Gasteiger partial charge in [0.2, 0.25) is 0 Å². The molecule has 0 saturated heterocycles. The molecule has 0 aliphatic carbocycles. The number of aromatic hydroxyl groups is 1. The zero-order chi connectivity index (χ0) is 12.3. The van der Waals surface area contributed by atoms with Crippen molar-refractivity contribution in [1.29, 1.82) is 0 Å². The Bertz CT molecular complexity index is 388. The number of benzene rings is 1. The molecular formula is C11H16Br2ClNO2. The van der Waals surface area contributed by atoms with E-state index in [0.29, 0.717) is 16.6 Å². The van der Waals surface area contributed by atoms with Gasteiger partial charge < -0.3 is 15.6 Å². The zero-order valence-corrected chi connectivity index (χ0v) is 13.7. The molecule has 0 bridgehead atoms. The third-order valence-electron chi connectivity index (χ3n) is 2.44. The second kappa shape index (κ2) is 7.46. The van der Waals surface area contributed by atoms with Crippen LogP contribution < -0.4 is 10.5 Å². The molecule has 0 fully saturated rings. The summed E-state index contributed by atoms with van der Waals surface area (Å²) in [4.78, 5) is 0. The molecule has 3 N–H and O–H groups in total. The summed E-state index contributed by atoms with van der Waals surface area (Å²) in [5.41, 5.74) is 6.69. The molecule has 0 radical (unpaired) electrons. The summed E-state index contributed by atoms with van der Waals surface area (Å²) < 4.78 is 6.52. The molecule has 1 unspecified atom stereocenters. The maximum Gasteiger partial charge on any atom is 0.150 e. The number of methoxy groups -OCH3 is 1. The van der Waals surface area contributed by atoms with Gasteiger partial charge in [0.25, 0.3) is 0 Å². The fourth-order valence-electron chi connectivity index (χ4n) is 1.41. The highest BCUT2D eigenvalue weighted by Crippen LogP contribution is 2.42. The van der Waals surface area contributed by atoms with Crippen LogP contribution >= 0.6 is 44.3 Å². The fraction of sp³-hybridized carbons (Fsp3) is 0.455. The van der Waals surface area contributed by atoms with E-state index in [0.717, 1.165) is 16.5 Å². The molecule has 0 aliphatic rings. The highest BCUT2D eigenvalue weighted by atomic mass is 79.9. The minimum atomic E-state index is 0. The van der Waals surface area contributed by atoms with Crippen LogP contribution in [0.15, 0.2) is 15.0 Å². The van der Waals surface area contributed by atoms with Gasteiger partial charge in [0.05, 0.1) is 11.6 Å². The van der Waals surface area contributed by atoms with Gasteiger partial charge >= 0.3 is 0 Å². The first-order valence-corrected chi connectivity index (χ1v) is 6.59. The molecule has 0 spiro atoms. The summed E-state index contributed by atoms with van der Waals surface area (Å²) in [7, 11) is 1.56. The van der Waals surface area contributed by atoms with E-state index in [4.69, 9.17) is 10.5 Å². The van der Waals surface area contributed by atoms with E-state index in [1.807, 2.05) is 13.0 Å². The fourth-order valence-corrected chi connectivity index (χ4v) is 2.94. The zero-order valence-electron chi connectivity index (χ0n) is 9.67. The molecule has 1 atom stereocenters. The number of phenols is 1. The largest absolute Gasteiger partial charge is 0.506 e. The molecule has 0 saturated carbocycles. The van der Waals surface area contributed by atoms with Crippen molar-refractivity contribution in [3.63, 3.8) is 0 Å². The predicted molar refractivity (Wildman–Crippen MR) is 79.3 cm³/mol. The Kier molecular flexibility index (Phi) is 7.47. The lowest BCUT2D eigenvalue weighted by molar-refractivity contribution is 0.399. The molecule has 1 rings (SSSR count). The van der Waals surface area contributed by atoms with Crippen molar-refractivity contribution < 1.29 is 9.84 Å². The van der Waals surface area contributed by atoms with Gasteiger partial charge in [-0.05, 0) is 56.3 Å². The number of hydrogen-bond acceptors (Lipinski definition) is 3. The topological polar surface area (TPSA) is 55.5 Å². The summed E-state index contributed by atoms with van der Waals surface area (Å²) in [5.74, 6) is 0.787. The molecule has 0 amide bonds. The van der Waals surface area contributed by atoms with Crippen LogP contribution in [0, 0.1) is 0 Å². The van der Waals surface area contributed by atoms with Crippen molar-refractivity contribution in [2.45, 2.75) is 25.8 Å². The first-order chi connectivity index (χ1) is 7.51. The average Bonchev–Trinajstić information content (AvgIpc) is 2.26. The average molecular weight is 390 g/mol. The van der Waals surface area contributed by atoms with Gasteiger partial charge in [0.15, 0.2) is 5.75 Å². The molecule has 0 aliphatic heterocycles. The van der Waals surface area contributed by atoms with Gasteiger partial charge in [0, 0.05) is 6.04 Å². The summed E-state index contributed by atoms with van der Waals surface area (Å²) in [6, 6.07) is 1.90. The van der Waals surface area contributed by atoms with E-state index in [9.17, 15) is 5.11 Å². The van der Waals surface area contributed by atoms with Crippen molar-refractivity contribution in [1.82, 2.24) is 0 Å². The van der Waals surface area contributed by atoms with Crippen molar-refractivity contribution in [2.24, 2.45) is 5.73 Å². The summed E-state index contributed by atoms with van der Waals surface area (Å²) in [6.45, 7) is 2.02. The summed E-state index contributed by atoms with van der Waals surface area (Å²) in [6.07, 6.45) is 1.52. The van der Waals surface area contributed by atoms with Crippen LogP contribution in [-0.4, -0.2) is 18.3 Å². The monoisotopic (exact) mass is 387 g/mol. The molecule has 1 aromatic rings. The van der Waals surface area contributed by atoms with Crippen LogP contribution in [0.2, 0.25) is 0 Å². The van der Waals surface area contributed by atoms with Crippen LogP contribution in [0.1, 0.15) is 18.9 Å². The van der Waals surface area contributed by atoms with Gasteiger partial charge in [0.1, 0.15) is 10.2 Å². The molecule has 6 heteroatoms.